The maximum absolute atomic E-state index is 11.5. The molecule has 1 aliphatic carbocycles. The Morgan fingerprint density at radius 1 is 1.50 bits per heavy atom. The Balaban J connectivity index is 2.01. The summed E-state index contributed by atoms with van der Waals surface area (Å²) in [5.41, 5.74) is 0. The predicted octanol–water partition coefficient (Wildman–Crippen LogP) is 4.06. The van der Waals surface area contributed by atoms with Crippen LogP contribution in [0, 0.1) is 0 Å². The lowest BCUT2D eigenvalue weighted by atomic mass is 9.88. The number of hydrogen-bond donors (Lipinski definition) is 1. The minimum Gasteiger partial charge on any atom is -0.465 e. The van der Waals surface area contributed by atoms with Gasteiger partial charge in [0.2, 0.25) is 0 Å². The molecule has 0 amide bonds. The SMILES string of the molecule is COC(=O)c1sc(NCC2(SC)CCCCC2)nc1Cl. The number of anilines is 1. The van der Waals surface area contributed by atoms with Crippen molar-refractivity contribution in [3.63, 3.8) is 0 Å². The van der Waals surface area contributed by atoms with Crippen molar-refractivity contribution in [2.45, 2.75) is 36.9 Å². The standard InChI is InChI=1S/C13H19ClN2O2S2/c1-18-11(17)9-10(14)16-12(20-9)15-8-13(19-2)6-4-3-5-7-13/h3-8H2,1-2H3,(H,15,16). The fourth-order valence-corrected chi connectivity index (χ4v) is 4.49. The molecule has 0 unspecified atom stereocenters. The van der Waals surface area contributed by atoms with Gasteiger partial charge >= 0.3 is 5.97 Å². The van der Waals surface area contributed by atoms with Crippen molar-refractivity contribution in [2.75, 3.05) is 25.2 Å². The molecule has 1 heterocycles. The summed E-state index contributed by atoms with van der Waals surface area (Å²) >= 11 is 9.14. The number of carbonyl (C=O) groups is 1. The quantitative estimate of drug-likeness (QED) is 0.823. The van der Waals surface area contributed by atoms with Gasteiger partial charge in [0.05, 0.1) is 7.11 Å². The number of esters is 1. The number of nitrogens with one attached hydrogen (secondary N) is 1. The van der Waals surface area contributed by atoms with E-state index in [4.69, 9.17) is 11.6 Å². The van der Waals surface area contributed by atoms with Crippen LogP contribution < -0.4 is 5.32 Å². The summed E-state index contributed by atoms with van der Waals surface area (Å²) < 4.78 is 4.96. The Labute approximate surface area is 132 Å². The molecule has 0 spiro atoms. The molecule has 20 heavy (non-hydrogen) atoms. The predicted molar refractivity (Wildman–Crippen MR) is 86.3 cm³/mol. The fourth-order valence-electron chi connectivity index (χ4n) is 2.48. The topological polar surface area (TPSA) is 51.2 Å². The van der Waals surface area contributed by atoms with Crippen molar-refractivity contribution in [1.29, 1.82) is 0 Å². The van der Waals surface area contributed by atoms with Crippen LogP contribution >= 0.6 is 34.7 Å². The molecule has 0 atom stereocenters. The Kier molecular flexibility index (Phi) is 5.57. The lowest BCUT2D eigenvalue weighted by Gasteiger charge is -2.35. The minimum atomic E-state index is -0.433. The number of carbonyl (C=O) groups excluding carboxylic acids is 1. The number of halogens is 1. The van der Waals surface area contributed by atoms with E-state index in [0.717, 1.165) is 6.54 Å². The Morgan fingerprint density at radius 3 is 2.80 bits per heavy atom. The van der Waals surface area contributed by atoms with E-state index in [2.05, 4.69) is 21.3 Å². The van der Waals surface area contributed by atoms with Gasteiger partial charge < -0.3 is 10.1 Å². The summed E-state index contributed by atoms with van der Waals surface area (Å²) in [6.45, 7) is 0.860. The van der Waals surface area contributed by atoms with Crippen LogP contribution in [0.25, 0.3) is 0 Å². The second-order valence-electron chi connectivity index (χ2n) is 4.93. The van der Waals surface area contributed by atoms with E-state index >= 15 is 0 Å². The molecule has 1 N–H and O–H groups in total. The first-order valence-corrected chi connectivity index (χ1v) is 9.06. The van der Waals surface area contributed by atoms with Gasteiger partial charge in [-0.3, -0.25) is 0 Å². The van der Waals surface area contributed by atoms with Gasteiger partial charge in [-0.05, 0) is 19.1 Å². The van der Waals surface area contributed by atoms with Gasteiger partial charge in [0.25, 0.3) is 0 Å². The number of aromatic nitrogens is 1. The summed E-state index contributed by atoms with van der Waals surface area (Å²) in [7, 11) is 1.34. The first-order chi connectivity index (χ1) is 9.60. The maximum atomic E-state index is 11.5. The minimum absolute atomic E-state index is 0.214. The van der Waals surface area contributed by atoms with Crippen molar-refractivity contribution in [3.8, 4) is 0 Å². The third-order valence-electron chi connectivity index (χ3n) is 3.72. The molecule has 0 aliphatic heterocycles. The van der Waals surface area contributed by atoms with Crippen LogP contribution in [0.5, 0.6) is 0 Å². The van der Waals surface area contributed by atoms with Crippen molar-refractivity contribution in [3.05, 3.63) is 10.0 Å². The van der Waals surface area contributed by atoms with Crippen molar-refractivity contribution in [2.24, 2.45) is 0 Å². The Bertz CT molecular complexity index is 473. The lowest BCUT2D eigenvalue weighted by Crippen LogP contribution is -2.35. The van der Waals surface area contributed by atoms with Gasteiger partial charge in [0.1, 0.15) is 0 Å². The van der Waals surface area contributed by atoms with Gasteiger partial charge in [-0.1, -0.05) is 42.2 Å². The zero-order valence-corrected chi connectivity index (χ0v) is 14.1. The number of thiazole rings is 1. The van der Waals surface area contributed by atoms with Gasteiger partial charge in [0.15, 0.2) is 15.2 Å². The molecule has 7 heteroatoms. The number of ether oxygens (including phenoxy) is 1. The van der Waals surface area contributed by atoms with E-state index in [9.17, 15) is 4.79 Å². The first-order valence-electron chi connectivity index (χ1n) is 6.64. The molecule has 0 radical (unpaired) electrons. The zero-order chi connectivity index (χ0) is 14.6. The van der Waals surface area contributed by atoms with Crippen molar-refractivity contribution >= 4 is 45.8 Å². The van der Waals surface area contributed by atoms with Crippen LogP contribution in [0.4, 0.5) is 5.13 Å². The molecule has 0 aromatic carbocycles. The molecule has 1 aliphatic rings. The number of methoxy groups -OCH3 is 1. The van der Waals surface area contributed by atoms with Crippen molar-refractivity contribution < 1.29 is 9.53 Å². The van der Waals surface area contributed by atoms with Crippen LogP contribution in [0.1, 0.15) is 41.8 Å². The maximum Gasteiger partial charge on any atom is 0.351 e. The first kappa shape index (κ1) is 15.9. The summed E-state index contributed by atoms with van der Waals surface area (Å²) in [6, 6.07) is 0. The Morgan fingerprint density at radius 2 is 2.20 bits per heavy atom. The van der Waals surface area contributed by atoms with Crippen LogP contribution in [-0.4, -0.2) is 35.6 Å². The highest BCUT2D eigenvalue weighted by atomic mass is 35.5. The molecule has 112 valence electrons. The second-order valence-corrected chi connectivity index (χ2v) is 7.56. The highest BCUT2D eigenvalue weighted by Crippen LogP contribution is 2.39. The van der Waals surface area contributed by atoms with Gasteiger partial charge in [-0.15, -0.1) is 0 Å². The second kappa shape index (κ2) is 7.00. The average molecular weight is 335 g/mol. The molecule has 2 rings (SSSR count). The van der Waals surface area contributed by atoms with E-state index in [1.807, 2.05) is 11.8 Å². The van der Waals surface area contributed by atoms with Gasteiger partial charge in [0, 0.05) is 11.3 Å². The highest BCUT2D eigenvalue weighted by molar-refractivity contribution is 8.00. The molecular weight excluding hydrogens is 316 g/mol. The number of thioether (sulfide) groups is 1. The van der Waals surface area contributed by atoms with Gasteiger partial charge in [-0.25, -0.2) is 9.78 Å². The van der Waals surface area contributed by atoms with Crippen LogP contribution in [0.2, 0.25) is 5.15 Å². The van der Waals surface area contributed by atoms with Gasteiger partial charge in [-0.2, -0.15) is 11.8 Å². The van der Waals surface area contributed by atoms with E-state index in [0.29, 0.717) is 10.0 Å². The number of rotatable bonds is 5. The summed E-state index contributed by atoms with van der Waals surface area (Å²) in [6.07, 6.45) is 8.52. The molecule has 4 nitrogen and oxygen atoms in total. The summed E-state index contributed by atoms with van der Waals surface area (Å²) in [5.74, 6) is -0.433. The van der Waals surface area contributed by atoms with E-state index < -0.39 is 5.97 Å². The normalized spacial score (nSPS) is 17.8. The van der Waals surface area contributed by atoms with Crippen LogP contribution in [0.15, 0.2) is 0 Å². The molecule has 1 aromatic heterocycles. The average Bonchev–Trinajstić information content (AvgIpc) is 2.86. The monoisotopic (exact) mass is 334 g/mol. The molecule has 1 aromatic rings. The third kappa shape index (κ3) is 3.59. The molecular formula is C13H19ClN2O2S2. The Hall–Kier alpha value is -0.460. The fraction of sp³-hybridized carbons (Fsp3) is 0.692. The van der Waals surface area contributed by atoms with Crippen LogP contribution in [-0.2, 0) is 4.74 Å². The molecule has 1 saturated carbocycles. The number of nitrogens with zero attached hydrogens (tertiary/aromatic N) is 1. The van der Waals surface area contributed by atoms with Crippen molar-refractivity contribution in [1.82, 2.24) is 4.98 Å². The molecule has 1 fully saturated rings. The number of hydrogen-bond acceptors (Lipinski definition) is 6. The van der Waals surface area contributed by atoms with E-state index in [1.165, 1.54) is 50.6 Å². The molecule has 0 bridgehead atoms. The van der Waals surface area contributed by atoms with E-state index in [1.54, 1.807) is 0 Å². The summed E-state index contributed by atoms with van der Waals surface area (Å²) in [4.78, 5) is 16.1. The zero-order valence-electron chi connectivity index (χ0n) is 11.7. The smallest absolute Gasteiger partial charge is 0.351 e. The van der Waals surface area contributed by atoms with E-state index in [-0.39, 0.29) is 9.90 Å². The summed E-state index contributed by atoms with van der Waals surface area (Å²) in [5, 5.41) is 4.24. The van der Waals surface area contributed by atoms with Crippen LogP contribution in [0.3, 0.4) is 0 Å². The highest BCUT2D eigenvalue weighted by Gasteiger charge is 2.31. The largest absolute Gasteiger partial charge is 0.465 e. The lowest BCUT2D eigenvalue weighted by molar-refractivity contribution is 0.0606. The third-order valence-corrected chi connectivity index (χ3v) is 6.51. The molecule has 0 saturated heterocycles.